The number of halogens is 1. The predicted octanol–water partition coefficient (Wildman–Crippen LogP) is 2.12. The summed E-state index contributed by atoms with van der Waals surface area (Å²) in [5, 5.41) is 5.18. The third-order valence-electron chi connectivity index (χ3n) is 2.49. The normalized spacial score (nSPS) is 13.3. The lowest BCUT2D eigenvalue weighted by Crippen LogP contribution is -2.13. The first-order valence-corrected chi connectivity index (χ1v) is 5.42. The third-order valence-corrected chi connectivity index (χ3v) is 2.90. The molecule has 2 aromatic rings. The zero-order chi connectivity index (χ0) is 10.8. The van der Waals surface area contributed by atoms with Gasteiger partial charge >= 0.3 is 0 Å². The molecule has 1 atom stereocenters. The van der Waals surface area contributed by atoms with Crippen molar-refractivity contribution in [2.45, 2.75) is 13.3 Å². The van der Waals surface area contributed by atoms with Crippen molar-refractivity contribution in [3.05, 3.63) is 35.1 Å². The van der Waals surface area contributed by atoms with E-state index in [2.05, 4.69) is 12.0 Å². The lowest BCUT2D eigenvalue weighted by molar-refractivity contribution is 0.581. The first-order chi connectivity index (χ1) is 7.22. The number of pyridine rings is 1. The van der Waals surface area contributed by atoms with Crippen molar-refractivity contribution >= 4 is 17.1 Å². The van der Waals surface area contributed by atoms with Crippen LogP contribution in [-0.4, -0.2) is 16.2 Å². The summed E-state index contributed by atoms with van der Waals surface area (Å²) in [6.45, 7) is 2.75. The average molecular weight is 224 g/mol. The fraction of sp³-hybridized carbons (Fsp3) is 0.364. The molecular weight excluding hydrogens is 210 g/mol. The summed E-state index contributed by atoms with van der Waals surface area (Å²) in [7, 11) is 0. The molecule has 0 amide bonds. The molecule has 0 saturated carbocycles. The Labute approximate surface area is 93.8 Å². The lowest BCUT2D eigenvalue weighted by Gasteiger charge is -2.04. The minimum absolute atomic E-state index is 0.410. The van der Waals surface area contributed by atoms with Crippen LogP contribution < -0.4 is 5.73 Å². The van der Waals surface area contributed by atoms with E-state index in [1.54, 1.807) is 4.52 Å². The molecule has 2 rings (SSSR count). The molecule has 80 valence electrons. The fourth-order valence-electron chi connectivity index (χ4n) is 1.56. The molecule has 1 unspecified atom stereocenters. The number of nitrogens with zero attached hydrogens (tertiary/aromatic N) is 2. The summed E-state index contributed by atoms with van der Waals surface area (Å²) in [5.41, 5.74) is 7.47. The van der Waals surface area contributed by atoms with Gasteiger partial charge in [0.2, 0.25) is 0 Å². The molecule has 0 radical (unpaired) electrons. The number of nitrogens with two attached hydrogens (primary N) is 1. The maximum Gasteiger partial charge on any atom is 0.0896 e. The average Bonchev–Trinajstić information content (AvgIpc) is 2.57. The molecule has 15 heavy (non-hydrogen) atoms. The second-order valence-corrected chi connectivity index (χ2v) is 4.21. The van der Waals surface area contributed by atoms with E-state index < -0.39 is 0 Å². The topological polar surface area (TPSA) is 43.3 Å². The summed E-state index contributed by atoms with van der Waals surface area (Å²) in [4.78, 5) is 0. The maximum atomic E-state index is 6.23. The van der Waals surface area contributed by atoms with E-state index in [4.69, 9.17) is 17.3 Å². The van der Waals surface area contributed by atoms with Crippen molar-refractivity contribution in [2.24, 2.45) is 11.7 Å². The van der Waals surface area contributed by atoms with Gasteiger partial charge in [-0.2, -0.15) is 5.10 Å². The summed E-state index contributed by atoms with van der Waals surface area (Å²) in [6.07, 6.45) is 2.73. The monoisotopic (exact) mass is 223 g/mol. The molecule has 3 nitrogen and oxygen atoms in total. The largest absolute Gasteiger partial charge is 0.330 e. The molecule has 0 spiro atoms. The van der Waals surface area contributed by atoms with Gasteiger partial charge in [-0.15, -0.1) is 0 Å². The minimum atomic E-state index is 0.410. The maximum absolute atomic E-state index is 6.23. The number of hydrogen-bond donors (Lipinski definition) is 1. The van der Waals surface area contributed by atoms with E-state index in [9.17, 15) is 0 Å². The van der Waals surface area contributed by atoms with E-state index in [0.717, 1.165) is 22.7 Å². The first kappa shape index (κ1) is 10.5. The van der Waals surface area contributed by atoms with Crippen LogP contribution in [0.3, 0.4) is 0 Å². The van der Waals surface area contributed by atoms with Gasteiger partial charge in [0.05, 0.1) is 16.2 Å². The highest BCUT2D eigenvalue weighted by molar-refractivity contribution is 6.34. The highest BCUT2D eigenvalue weighted by Crippen LogP contribution is 2.23. The highest BCUT2D eigenvalue weighted by atomic mass is 35.5. The van der Waals surface area contributed by atoms with Crippen molar-refractivity contribution in [2.75, 3.05) is 6.54 Å². The van der Waals surface area contributed by atoms with Crippen molar-refractivity contribution < 1.29 is 0 Å². The van der Waals surface area contributed by atoms with E-state index in [1.165, 1.54) is 0 Å². The Hall–Kier alpha value is -1.06. The minimum Gasteiger partial charge on any atom is -0.330 e. The van der Waals surface area contributed by atoms with Crippen LogP contribution in [0.25, 0.3) is 5.52 Å². The molecule has 2 aromatic heterocycles. The molecule has 4 heteroatoms. The first-order valence-electron chi connectivity index (χ1n) is 5.04. The molecule has 2 heterocycles. The molecule has 0 aromatic carbocycles. The van der Waals surface area contributed by atoms with E-state index in [0.29, 0.717) is 12.5 Å². The Morgan fingerprint density at radius 1 is 1.53 bits per heavy atom. The summed E-state index contributed by atoms with van der Waals surface area (Å²) in [5.74, 6) is 0.410. The molecule has 0 saturated heterocycles. The van der Waals surface area contributed by atoms with Crippen LogP contribution >= 0.6 is 11.6 Å². The van der Waals surface area contributed by atoms with E-state index in [-0.39, 0.29) is 0 Å². The Kier molecular flexibility index (Phi) is 2.93. The zero-order valence-corrected chi connectivity index (χ0v) is 9.41. The van der Waals surface area contributed by atoms with Gasteiger partial charge in [-0.3, -0.25) is 0 Å². The van der Waals surface area contributed by atoms with Gasteiger partial charge in [-0.25, -0.2) is 4.52 Å². The van der Waals surface area contributed by atoms with Crippen LogP contribution in [0.5, 0.6) is 0 Å². The summed E-state index contributed by atoms with van der Waals surface area (Å²) >= 11 is 6.23. The fourth-order valence-corrected chi connectivity index (χ4v) is 1.83. The van der Waals surface area contributed by atoms with Crippen LogP contribution in [0.4, 0.5) is 0 Å². The van der Waals surface area contributed by atoms with Gasteiger partial charge in [0, 0.05) is 6.20 Å². The lowest BCUT2D eigenvalue weighted by atomic mass is 10.1. The van der Waals surface area contributed by atoms with Crippen LogP contribution in [0.1, 0.15) is 12.6 Å². The Morgan fingerprint density at radius 3 is 3.00 bits per heavy atom. The van der Waals surface area contributed by atoms with Gasteiger partial charge in [0.15, 0.2) is 0 Å². The van der Waals surface area contributed by atoms with Gasteiger partial charge in [0.1, 0.15) is 0 Å². The van der Waals surface area contributed by atoms with Gasteiger partial charge < -0.3 is 5.73 Å². The van der Waals surface area contributed by atoms with Crippen molar-refractivity contribution in [3.63, 3.8) is 0 Å². The zero-order valence-electron chi connectivity index (χ0n) is 8.65. The highest BCUT2D eigenvalue weighted by Gasteiger charge is 2.12. The van der Waals surface area contributed by atoms with Crippen LogP contribution in [-0.2, 0) is 6.42 Å². The smallest absolute Gasteiger partial charge is 0.0896 e. The molecule has 2 N–H and O–H groups in total. The van der Waals surface area contributed by atoms with Gasteiger partial charge in [0.25, 0.3) is 0 Å². The van der Waals surface area contributed by atoms with Crippen molar-refractivity contribution in [1.82, 2.24) is 9.61 Å². The second kappa shape index (κ2) is 4.21. The van der Waals surface area contributed by atoms with Crippen molar-refractivity contribution in [3.8, 4) is 0 Å². The number of hydrogen-bond acceptors (Lipinski definition) is 2. The summed E-state index contributed by atoms with van der Waals surface area (Å²) < 4.78 is 1.81. The van der Waals surface area contributed by atoms with E-state index in [1.807, 2.05) is 24.4 Å². The SMILES string of the molecule is CC(CN)Cc1nn2ccccc2c1Cl. The number of fused-ring (bicyclic) bond motifs is 1. The molecule has 0 fully saturated rings. The van der Waals surface area contributed by atoms with Gasteiger partial charge in [-0.05, 0) is 31.0 Å². The second-order valence-electron chi connectivity index (χ2n) is 3.84. The molecule has 0 aliphatic heterocycles. The Morgan fingerprint density at radius 2 is 2.33 bits per heavy atom. The third kappa shape index (κ3) is 1.98. The van der Waals surface area contributed by atoms with Crippen molar-refractivity contribution in [1.29, 1.82) is 0 Å². The quantitative estimate of drug-likeness (QED) is 0.866. The predicted molar refractivity (Wildman–Crippen MR) is 62.1 cm³/mol. The van der Waals surface area contributed by atoms with Crippen LogP contribution in [0.2, 0.25) is 5.02 Å². The molecular formula is C11H14ClN3. The summed E-state index contributed by atoms with van der Waals surface area (Å²) in [6, 6.07) is 5.86. The molecule has 0 bridgehead atoms. The van der Waals surface area contributed by atoms with E-state index >= 15 is 0 Å². The molecule has 0 aliphatic rings. The Balaban J connectivity index is 2.40. The standard InChI is InChI=1S/C11H14ClN3/c1-8(7-13)6-9-11(12)10-4-2-3-5-15(10)14-9/h2-5,8H,6-7,13H2,1H3. The van der Waals surface area contributed by atoms with Crippen LogP contribution in [0, 0.1) is 5.92 Å². The van der Waals surface area contributed by atoms with Gasteiger partial charge in [-0.1, -0.05) is 24.6 Å². The Bertz CT molecular complexity index is 464. The molecule has 0 aliphatic carbocycles. The van der Waals surface area contributed by atoms with Crippen LogP contribution in [0.15, 0.2) is 24.4 Å². The number of rotatable bonds is 3. The number of aromatic nitrogens is 2.